The fraction of sp³-hybridized carbons (Fsp3) is 0.500. The molecule has 0 bridgehead atoms. The van der Waals surface area contributed by atoms with Crippen molar-refractivity contribution in [3.63, 3.8) is 0 Å². The monoisotopic (exact) mass is 257 g/mol. The molecule has 0 spiro atoms. The number of anilines is 1. The number of nitrogens with one attached hydrogen (secondary N) is 1. The van der Waals surface area contributed by atoms with E-state index in [0.29, 0.717) is 0 Å². The van der Waals surface area contributed by atoms with E-state index in [0.717, 1.165) is 36.7 Å². The second-order valence-corrected chi connectivity index (χ2v) is 4.95. The normalized spacial score (nSPS) is 14.2. The maximum Gasteiger partial charge on any atom is 0.180 e. The van der Waals surface area contributed by atoms with Crippen LogP contribution in [0.15, 0.2) is 12.5 Å². The molecule has 0 radical (unpaired) electrons. The van der Waals surface area contributed by atoms with E-state index in [4.69, 9.17) is 9.97 Å². The molecule has 0 aromatic carbocycles. The van der Waals surface area contributed by atoms with Crippen LogP contribution >= 0.6 is 0 Å². The van der Waals surface area contributed by atoms with Gasteiger partial charge in [0, 0.05) is 24.8 Å². The average Bonchev–Trinajstić information content (AvgIpc) is 2.85. The molecule has 5 heteroatoms. The molecule has 1 aliphatic rings. The van der Waals surface area contributed by atoms with Gasteiger partial charge in [0.15, 0.2) is 5.82 Å². The van der Waals surface area contributed by atoms with Crippen molar-refractivity contribution in [2.45, 2.75) is 32.6 Å². The molecule has 2 heterocycles. The van der Waals surface area contributed by atoms with Gasteiger partial charge in [-0.25, -0.2) is 15.0 Å². The SMILES string of the molecule is CCNc1nc(-c2cncn2C)nc2c1CCCC2. The van der Waals surface area contributed by atoms with Gasteiger partial charge >= 0.3 is 0 Å². The molecule has 1 aliphatic carbocycles. The summed E-state index contributed by atoms with van der Waals surface area (Å²) in [7, 11) is 1.97. The first-order valence-electron chi connectivity index (χ1n) is 6.90. The Morgan fingerprint density at radius 1 is 1.26 bits per heavy atom. The smallest absolute Gasteiger partial charge is 0.180 e. The first kappa shape index (κ1) is 12.1. The van der Waals surface area contributed by atoms with Crippen LogP contribution in [-0.4, -0.2) is 26.1 Å². The zero-order valence-corrected chi connectivity index (χ0v) is 11.5. The Balaban J connectivity index is 2.11. The van der Waals surface area contributed by atoms with E-state index < -0.39 is 0 Å². The van der Waals surface area contributed by atoms with Crippen molar-refractivity contribution < 1.29 is 0 Å². The fourth-order valence-corrected chi connectivity index (χ4v) is 2.59. The summed E-state index contributed by atoms with van der Waals surface area (Å²) in [6.07, 6.45) is 8.20. The van der Waals surface area contributed by atoms with Crippen LogP contribution in [0.3, 0.4) is 0 Å². The second-order valence-electron chi connectivity index (χ2n) is 4.95. The predicted octanol–water partition coefficient (Wildman–Crippen LogP) is 2.19. The van der Waals surface area contributed by atoms with E-state index in [1.54, 1.807) is 6.33 Å². The van der Waals surface area contributed by atoms with E-state index in [-0.39, 0.29) is 0 Å². The number of fused-ring (bicyclic) bond motifs is 1. The molecule has 0 unspecified atom stereocenters. The Kier molecular flexibility index (Phi) is 3.19. The quantitative estimate of drug-likeness (QED) is 0.915. The number of imidazole rings is 1. The largest absolute Gasteiger partial charge is 0.370 e. The van der Waals surface area contributed by atoms with Crippen LogP contribution < -0.4 is 5.32 Å². The van der Waals surface area contributed by atoms with E-state index in [2.05, 4.69) is 17.2 Å². The minimum Gasteiger partial charge on any atom is -0.370 e. The van der Waals surface area contributed by atoms with Crippen LogP contribution in [0.4, 0.5) is 5.82 Å². The Morgan fingerprint density at radius 3 is 2.84 bits per heavy atom. The number of aryl methyl sites for hydroxylation is 2. The van der Waals surface area contributed by atoms with Crippen LogP contribution in [-0.2, 0) is 19.9 Å². The van der Waals surface area contributed by atoms with Gasteiger partial charge in [0.05, 0.1) is 12.5 Å². The Morgan fingerprint density at radius 2 is 2.11 bits per heavy atom. The lowest BCUT2D eigenvalue weighted by molar-refractivity contribution is 0.664. The number of hydrogen-bond donors (Lipinski definition) is 1. The molecule has 0 aliphatic heterocycles. The third-order valence-corrected chi connectivity index (χ3v) is 3.57. The van der Waals surface area contributed by atoms with Crippen molar-refractivity contribution in [3.8, 4) is 11.5 Å². The standard InChI is InChI=1S/C14H19N5/c1-3-16-13-10-6-4-5-7-11(10)17-14(18-13)12-8-15-9-19(12)2/h8-9H,3-7H2,1-2H3,(H,16,17,18). The molecular weight excluding hydrogens is 238 g/mol. The van der Waals surface area contributed by atoms with Crippen molar-refractivity contribution in [2.75, 3.05) is 11.9 Å². The fourth-order valence-electron chi connectivity index (χ4n) is 2.59. The van der Waals surface area contributed by atoms with E-state index in [9.17, 15) is 0 Å². The minimum absolute atomic E-state index is 0.775. The van der Waals surface area contributed by atoms with Crippen LogP contribution in [0.5, 0.6) is 0 Å². The van der Waals surface area contributed by atoms with E-state index >= 15 is 0 Å². The maximum atomic E-state index is 4.75. The third-order valence-electron chi connectivity index (χ3n) is 3.57. The summed E-state index contributed by atoms with van der Waals surface area (Å²) in [5.74, 6) is 1.78. The summed E-state index contributed by atoms with van der Waals surface area (Å²) >= 11 is 0. The summed E-state index contributed by atoms with van der Waals surface area (Å²) in [4.78, 5) is 13.6. The van der Waals surface area contributed by atoms with Gasteiger partial charge in [0.1, 0.15) is 11.5 Å². The van der Waals surface area contributed by atoms with E-state index in [1.165, 1.54) is 24.1 Å². The number of hydrogen-bond acceptors (Lipinski definition) is 4. The molecule has 2 aromatic rings. The van der Waals surface area contributed by atoms with Gasteiger partial charge in [-0.05, 0) is 32.6 Å². The van der Waals surface area contributed by atoms with Crippen LogP contribution in [0.1, 0.15) is 31.0 Å². The zero-order valence-electron chi connectivity index (χ0n) is 11.5. The van der Waals surface area contributed by atoms with Gasteiger partial charge in [-0.15, -0.1) is 0 Å². The van der Waals surface area contributed by atoms with Gasteiger partial charge in [0.25, 0.3) is 0 Å². The van der Waals surface area contributed by atoms with Crippen molar-refractivity contribution in [1.82, 2.24) is 19.5 Å². The summed E-state index contributed by atoms with van der Waals surface area (Å²) in [6, 6.07) is 0. The lowest BCUT2D eigenvalue weighted by Crippen LogP contribution is -2.14. The van der Waals surface area contributed by atoms with Gasteiger partial charge in [-0.1, -0.05) is 0 Å². The summed E-state index contributed by atoms with van der Waals surface area (Å²) in [5.41, 5.74) is 3.47. The summed E-state index contributed by atoms with van der Waals surface area (Å²) < 4.78 is 1.96. The highest BCUT2D eigenvalue weighted by Gasteiger charge is 2.19. The second kappa shape index (κ2) is 4.99. The number of nitrogens with zero attached hydrogens (tertiary/aromatic N) is 4. The molecule has 100 valence electrons. The lowest BCUT2D eigenvalue weighted by Gasteiger charge is -2.19. The highest BCUT2D eigenvalue weighted by molar-refractivity contribution is 5.57. The highest BCUT2D eigenvalue weighted by Crippen LogP contribution is 2.28. The number of aromatic nitrogens is 4. The molecule has 0 saturated heterocycles. The maximum absolute atomic E-state index is 4.75. The average molecular weight is 257 g/mol. The molecule has 0 amide bonds. The summed E-state index contributed by atoms with van der Waals surface area (Å²) in [6.45, 7) is 2.98. The Hall–Kier alpha value is -1.91. The van der Waals surface area contributed by atoms with Crippen molar-refractivity contribution in [2.24, 2.45) is 7.05 Å². The van der Waals surface area contributed by atoms with Crippen LogP contribution in [0, 0.1) is 0 Å². The Labute approximate surface area is 113 Å². The Bertz CT molecular complexity index is 588. The molecule has 19 heavy (non-hydrogen) atoms. The van der Waals surface area contributed by atoms with E-state index in [1.807, 2.05) is 17.8 Å². The van der Waals surface area contributed by atoms with Crippen LogP contribution in [0.2, 0.25) is 0 Å². The lowest BCUT2D eigenvalue weighted by atomic mass is 9.96. The molecule has 1 N–H and O–H groups in total. The highest BCUT2D eigenvalue weighted by atomic mass is 15.1. The molecule has 0 atom stereocenters. The first-order chi connectivity index (χ1) is 9.29. The van der Waals surface area contributed by atoms with Gasteiger partial charge in [-0.3, -0.25) is 0 Å². The number of rotatable bonds is 3. The zero-order chi connectivity index (χ0) is 13.2. The molecular formula is C14H19N5. The minimum atomic E-state index is 0.775. The third kappa shape index (κ3) is 2.20. The van der Waals surface area contributed by atoms with Gasteiger partial charge < -0.3 is 9.88 Å². The topological polar surface area (TPSA) is 55.6 Å². The molecule has 0 saturated carbocycles. The van der Waals surface area contributed by atoms with Crippen molar-refractivity contribution >= 4 is 5.82 Å². The molecule has 0 fully saturated rings. The van der Waals surface area contributed by atoms with Gasteiger partial charge in [0.2, 0.25) is 0 Å². The van der Waals surface area contributed by atoms with Crippen molar-refractivity contribution in [3.05, 3.63) is 23.8 Å². The van der Waals surface area contributed by atoms with Crippen molar-refractivity contribution in [1.29, 1.82) is 0 Å². The van der Waals surface area contributed by atoms with Gasteiger partial charge in [-0.2, -0.15) is 0 Å². The molecule has 2 aromatic heterocycles. The van der Waals surface area contributed by atoms with Crippen LogP contribution in [0.25, 0.3) is 11.5 Å². The first-order valence-corrected chi connectivity index (χ1v) is 6.90. The summed E-state index contributed by atoms with van der Waals surface area (Å²) in [5, 5.41) is 3.38. The predicted molar refractivity (Wildman–Crippen MR) is 75.0 cm³/mol. The molecule has 3 rings (SSSR count). The molecule has 5 nitrogen and oxygen atoms in total.